The average molecular weight is 625 g/mol. The van der Waals surface area contributed by atoms with Crippen molar-refractivity contribution in [3.8, 4) is 11.1 Å². The smallest absolute Gasteiger partial charge is 0.326 e. The van der Waals surface area contributed by atoms with Crippen LogP contribution in [0.5, 0.6) is 0 Å². The molecule has 0 heterocycles. The molecule has 0 aliphatic heterocycles. The number of carbonyl (C=O) groups excluding carboxylic acids is 1. The molecule has 44 heavy (non-hydrogen) atoms. The van der Waals surface area contributed by atoms with Crippen LogP contribution < -0.4 is 5.32 Å². The molecule has 1 atom stereocenters. The minimum Gasteiger partial charge on any atom is -0.480 e. The second kappa shape index (κ2) is 14.6. The summed E-state index contributed by atoms with van der Waals surface area (Å²) in [5.41, 5.74) is 4.58. The number of nitrogens with zero attached hydrogens (tertiary/aromatic N) is 1. The number of benzene rings is 2. The molecule has 3 aliphatic carbocycles. The van der Waals surface area contributed by atoms with E-state index in [4.69, 9.17) is 0 Å². The molecule has 7 nitrogen and oxygen atoms in total. The van der Waals surface area contributed by atoms with Gasteiger partial charge in [-0.15, -0.1) is 0 Å². The van der Waals surface area contributed by atoms with Crippen molar-refractivity contribution < 1.29 is 23.1 Å². The van der Waals surface area contributed by atoms with E-state index in [1.165, 1.54) is 82.6 Å². The number of amides is 1. The van der Waals surface area contributed by atoms with Gasteiger partial charge in [0.25, 0.3) is 5.91 Å². The third-order valence-electron chi connectivity index (χ3n) is 10.0. The number of sulfone groups is 1. The Morgan fingerprint density at radius 2 is 1.66 bits per heavy atom. The van der Waals surface area contributed by atoms with Gasteiger partial charge >= 0.3 is 5.97 Å². The maximum atomic E-state index is 13.6. The van der Waals surface area contributed by atoms with Crippen molar-refractivity contribution in [2.45, 2.75) is 122 Å². The molecule has 2 aromatic rings. The number of carboxylic acids is 1. The van der Waals surface area contributed by atoms with Crippen molar-refractivity contribution in [3.05, 3.63) is 59.2 Å². The van der Waals surface area contributed by atoms with Gasteiger partial charge in [0.1, 0.15) is 15.9 Å². The second-order valence-corrected chi connectivity index (χ2v) is 15.7. The molecule has 0 unspecified atom stereocenters. The molecule has 0 saturated heterocycles. The highest BCUT2D eigenvalue weighted by Gasteiger charge is 2.46. The van der Waals surface area contributed by atoms with Crippen molar-refractivity contribution in [1.82, 2.24) is 10.2 Å². The summed E-state index contributed by atoms with van der Waals surface area (Å²) >= 11 is 0. The first-order chi connectivity index (χ1) is 20.5. The van der Waals surface area contributed by atoms with Gasteiger partial charge in [-0.1, -0.05) is 82.7 Å². The fraction of sp³-hybridized carbons (Fsp3) is 0.611. The van der Waals surface area contributed by atoms with Gasteiger partial charge in [-0.25, -0.2) is 13.2 Å². The van der Waals surface area contributed by atoms with Crippen LogP contribution in [0.2, 0.25) is 0 Å². The van der Waals surface area contributed by atoms with E-state index in [0.29, 0.717) is 11.6 Å². The second-order valence-electron chi connectivity index (χ2n) is 13.5. The lowest BCUT2D eigenvalue weighted by Gasteiger charge is -2.45. The standard InChI is InChI=1S/C35H48N2O5S.CH4/c1-25-10-6-7-13-29(25)31-22-27(14-17-30(31)33(38)36-32(34(39)40)18-21-43(2,41)42)24-37(28-15-16-28)35(19-8-9-20-35)23-26-11-4-3-5-12-26;/h6-7,10,13-14,17,22,26,28,32H,3-5,8-9,11-12,15-16,18-21,23-24H2,1-2H3,(H,36,38)(H,39,40);1H4/t32-;/m0./s1. The Morgan fingerprint density at radius 1 is 0.977 bits per heavy atom. The molecule has 0 spiro atoms. The predicted octanol–water partition coefficient (Wildman–Crippen LogP) is 7.16. The van der Waals surface area contributed by atoms with Gasteiger partial charge in [0.05, 0.1) is 5.75 Å². The largest absolute Gasteiger partial charge is 0.480 e. The summed E-state index contributed by atoms with van der Waals surface area (Å²) in [6.07, 6.45) is 16.7. The summed E-state index contributed by atoms with van der Waals surface area (Å²) in [6, 6.07) is 13.3. The molecule has 5 rings (SSSR count). The Labute approximate surface area is 264 Å². The zero-order valence-electron chi connectivity index (χ0n) is 25.8. The summed E-state index contributed by atoms with van der Waals surface area (Å²) < 4.78 is 23.4. The molecule has 2 aromatic carbocycles. The molecule has 8 heteroatoms. The Bertz CT molecular complexity index is 1410. The van der Waals surface area contributed by atoms with Gasteiger partial charge in [-0.3, -0.25) is 9.69 Å². The molecule has 3 fully saturated rings. The number of aryl methyl sites for hydroxylation is 1. The quantitative estimate of drug-likeness (QED) is 0.245. The van der Waals surface area contributed by atoms with Gasteiger partial charge in [0, 0.05) is 29.9 Å². The summed E-state index contributed by atoms with van der Waals surface area (Å²) in [6.45, 7) is 2.87. The Hall–Kier alpha value is -2.71. The number of hydrogen-bond donors (Lipinski definition) is 2. The third kappa shape index (κ3) is 8.51. The molecule has 0 aromatic heterocycles. The van der Waals surface area contributed by atoms with E-state index >= 15 is 0 Å². The van der Waals surface area contributed by atoms with Crippen LogP contribution in [0, 0.1) is 12.8 Å². The Morgan fingerprint density at radius 3 is 2.27 bits per heavy atom. The van der Waals surface area contributed by atoms with Crippen LogP contribution in [-0.4, -0.2) is 59.9 Å². The Kier molecular flexibility index (Phi) is 11.3. The van der Waals surface area contributed by atoms with Crippen LogP contribution in [0.15, 0.2) is 42.5 Å². The number of aliphatic carboxylic acids is 1. The van der Waals surface area contributed by atoms with Crippen LogP contribution in [0.1, 0.15) is 112 Å². The molecular weight excluding hydrogens is 572 g/mol. The number of carbonyl (C=O) groups is 2. The van der Waals surface area contributed by atoms with Crippen molar-refractivity contribution in [3.63, 3.8) is 0 Å². The predicted molar refractivity (Wildman–Crippen MR) is 178 cm³/mol. The molecule has 2 N–H and O–H groups in total. The van der Waals surface area contributed by atoms with Crippen molar-refractivity contribution >= 4 is 21.7 Å². The van der Waals surface area contributed by atoms with Gasteiger partial charge in [0.15, 0.2) is 0 Å². The van der Waals surface area contributed by atoms with Crippen molar-refractivity contribution in [1.29, 1.82) is 0 Å². The maximum absolute atomic E-state index is 13.6. The van der Waals surface area contributed by atoms with E-state index in [-0.39, 0.29) is 25.1 Å². The molecule has 3 saturated carbocycles. The van der Waals surface area contributed by atoms with E-state index in [1.807, 2.05) is 43.3 Å². The van der Waals surface area contributed by atoms with Gasteiger partial charge < -0.3 is 10.4 Å². The highest BCUT2D eigenvalue weighted by molar-refractivity contribution is 7.90. The zero-order chi connectivity index (χ0) is 30.6. The van der Waals surface area contributed by atoms with Gasteiger partial charge in [0.2, 0.25) is 0 Å². The Balaban J connectivity index is 0.00000442. The van der Waals surface area contributed by atoms with E-state index in [9.17, 15) is 23.1 Å². The summed E-state index contributed by atoms with van der Waals surface area (Å²) in [7, 11) is -3.37. The van der Waals surface area contributed by atoms with E-state index in [1.54, 1.807) is 0 Å². The highest BCUT2D eigenvalue weighted by Crippen LogP contribution is 2.48. The number of nitrogens with one attached hydrogen (secondary N) is 1. The minimum atomic E-state index is -3.37. The monoisotopic (exact) mass is 624 g/mol. The normalized spacial score (nSPS) is 19.3. The lowest BCUT2D eigenvalue weighted by molar-refractivity contribution is -0.139. The fourth-order valence-corrected chi connectivity index (χ4v) is 8.31. The number of hydrogen-bond acceptors (Lipinski definition) is 5. The first kappa shape index (κ1) is 34.2. The molecular formula is C36H52N2O5S. The minimum absolute atomic E-state index is 0. The van der Waals surface area contributed by atoms with E-state index < -0.39 is 27.8 Å². The van der Waals surface area contributed by atoms with Gasteiger partial charge in [-0.05, 0) is 85.8 Å². The molecule has 0 radical (unpaired) electrons. The molecule has 0 bridgehead atoms. The SMILES string of the molecule is C.Cc1ccccc1-c1cc(CN(C2CC2)C2(CC3CCCCC3)CCCC2)ccc1C(=O)N[C@@H](CCS(C)(=O)=O)C(=O)O. The topological polar surface area (TPSA) is 104 Å². The first-order valence-electron chi connectivity index (χ1n) is 16.2. The fourth-order valence-electron chi connectivity index (χ4n) is 7.65. The summed E-state index contributed by atoms with van der Waals surface area (Å²) in [4.78, 5) is 28.3. The molecule has 242 valence electrons. The molecule has 3 aliphatic rings. The summed E-state index contributed by atoms with van der Waals surface area (Å²) in [5, 5.41) is 12.3. The lowest BCUT2D eigenvalue weighted by atomic mass is 9.77. The van der Waals surface area contributed by atoms with Crippen LogP contribution in [0.25, 0.3) is 11.1 Å². The van der Waals surface area contributed by atoms with Crippen LogP contribution in [0.3, 0.4) is 0 Å². The van der Waals surface area contributed by atoms with Crippen molar-refractivity contribution in [2.75, 3.05) is 12.0 Å². The zero-order valence-corrected chi connectivity index (χ0v) is 26.6. The third-order valence-corrected chi connectivity index (χ3v) is 11.0. The van der Waals surface area contributed by atoms with Crippen LogP contribution in [0.4, 0.5) is 0 Å². The first-order valence-corrected chi connectivity index (χ1v) is 18.3. The van der Waals surface area contributed by atoms with E-state index in [0.717, 1.165) is 35.4 Å². The summed E-state index contributed by atoms with van der Waals surface area (Å²) in [5.74, 6) is -1.24. The average Bonchev–Trinajstić information content (AvgIpc) is 3.71. The maximum Gasteiger partial charge on any atom is 0.326 e. The van der Waals surface area contributed by atoms with Crippen molar-refractivity contribution in [2.24, 2.45) is 5.92 Å². The van der Waals surface area contributed by atoms with E-state index in [2.05, 4.69) is 16.3 Å². The number of carboxylic acid groups (broad SMARTS) is 1. The lowest BCUT2D eigenvalue weighted by Crippen LogP contribution is -2.49. The van der Waals surface area contributed by atoms with Crippen LogP contribution in [-0.2, 0) is 21.2 Å². The van der Waals surface area contributed by atoms with Gasteiger partial charge in [-0.2, -0.15) is 0 Å². The molecule has 1 amide bonds. The highest BCUT2D eigenvalue weighted by atomic mass is 32.2. The number of rotatable bonds is 13. The van der Waals surface area contributed by atoms with Crippen LogP contribution >= 0.6 is 0 Å².